The highest BCUT2D eigenvalue weighted by Gasteiger charge is 2.32. The second-order valence-electron chi connectivity index (χ2n) is 4.03. The summed E-state index contributed by atoms with van der Waals surface area (Å²) in [7, 11) is 0. The van der Waals surface area contributed by atoms with E-state index >= 15 is 0 Å². The fourth-order valence-corrected chi connectivity index (χ4v) is 1.69. The van der Waals surface area contributed by atoms with Gasteiger partial charge in [-0.05, 0) is 36.7 Å². The van der Waals surface area contributed by atoms with Crippen molar-refractivity contribution in [3.63, 3.8) is 0 Å². The van der Waals surface area contributed by atoms with Crippen LogP contribution in [0.4, 0.5) is 17.6 Å². The van der Waals surface area contributed by atoms with Crippen LogP contribution >= 0.6 is 0 Å². The highest BCUT2D eigenvalue weighted by molar-refractivity contribution is 5.37. The van der Waals surface area contributed by atoms with E-state index in [0.29, 0.717) is 24.7 Å². The van der Waals surface area contributed by atoms with Gasteiger partial charge in [-0.25, -0.2) is 9.07 Å². The molecule has 0 atom stereocenters. The third kappa shape index (κ3) is 3.11. The lowest BCUT2D eigenvalue weighted by atomic mass is 10.1. The lowest BCUT2D eigenvalue weighted by molar-refractivity contribution is -0.137. The van der Waals surface area contributed by atoms with E-state index in [1.807, 2.05) is 0 Å². The Morgan fingerprint density at radius 2 is 1.95 bits per heavy atom. The first-order valence-electron chi connectivity index (χ1n) is 5.52. The molecule has 1 heterocycles. The van der Waals surface area contributed by atoms with Gasteiger partial charge in [0.15, 0.2) is 0 Å². The summed E-state index contributed by atoms with van der Waals surface area (Å²) in [5.74, 6) is -0.537. The van der Waals surface area contributed by atoms with Crippen LogP contribution in [0.3, 0.4) is 0 Å². The summed E-state index contributed by atoms with van der Waals surface area (Å²) in [5.41, 5.74) is 5.34. The molecule has 0 aliphatic carbocycles. The van der Waals surface area contributed by atoms with Gasteiger partial charge in [-0.1, -0.05) is 0 Å². The number of aromatic nitrogens is 2. The van der Waals surface area contributed by atoms with Crippen molar-refractivity contribution >= 4 is 0 Å². The quantitative estimate of drug-likeness (QED) is 0.873. The zero-order chi connectivity index (χ0) is 14.0. The molecular formula is C12H11F4N3. The average molecular weight is 273 g/mol. The van der Waals surface area contributed by atoms with Gasteiger partial charge < -0.3 is 5.73 Å². The van der Waals surface area contributed by atoms with Crippen molar-refractivity contribution < 1.29 is 17.6 Å². The molecule has 1 aromatic carbocycles. The minimum atomic E-state index is -4.47. The molecule has 1 aromatic heterocycles. The van der Waals surface area contributed by atoms with Crippen LogP contribution in [0, 0.1) is 5.82 Å². The molecule has 7 heteroatoms. The predicted octanol–water partition coefficient (Wildman–Crippen LogP) is 2.53. The number of rotatable bonds is 3. The molecule has 0 fully saturated rings. The molecule has 3 nitrogen and oxygen atoms in total. The molecule has 0 radical (unpaired) electrons. The lowest BCUT2D eigenvalue weighted by Gasteiger charge is -2.06. The van der Waals surface area contributed by atoms with Crippen molar-refractivity contribution in [2.24, 2.45) is 5.73 Å². The van der Waals surface area contributed by atoms with Gasteiger partial charge in [0.2, 0.25) is 0 Å². The Labute approximate surface area is 106 Å². The minimum absolute atomic E-state index is 0.235. The Kier molecular flexibility index (Phi) is 3.57. The lowest BCUT2D eigenvalue weighted by Crippen LogP contribution is -2.05. The van der Waals surface area contributed by atoms with E-state index < -0.39 is 17.6 Å². The molecule has 19 heavy (non-hydrogen) atoms. The molecule has 2 N–H and O–H groups in total. The summed E-state index contributed by atoms with van der Waals surface area (Å²) in [4.78, 5) is 0. The highest BCUT2D eigenvalue weighted by atomic mass is 19.4. The molecule has 0 aliphatic rings. The fourth-order valence-electron chi connectivity index (χ4n) is 1.69. The Morgan fingerprint density at radius 1 is 1.21 bits per heavy atom. The van der Waals surface area contributed by atoms with E-state index in [0.717, 1.165) is 16.9 Å². The van der Waals surface area contributed by atoms with Crippen LogP contribution in [0.25, 0.3) is 5.69 Å². The average Bonchev–Trinajstić information content (AvgIpc) is 2.77. The normalized spacial score (nSPS) is 11.8. The van der Waals surface area contributed by atoms with Gasteiger partial charge in [0.25, 0.3) is 0 Å². The third-order valence-corrected chi connectivity index (χ3v) is 2.55. The smallest absolute Gasteiger partial charge is 0.330 e. The zero-order valence-corrected chi connectivity index (χ0v) is 9.78. The highest BCUT2D eigenvalue weighted by Crippen LogP contribution is 2.29. The second-order valence-corrected chi connectivity index (χ2v) is 4.03. The van der Waals surface area contributed by atoms with E-state index in [-0.39, 0.29) is 5.69 Å². The molecule has 0 saturated heterocycles. The van der Waals surface area contributed by atoms with Crippen LogP contribution in [0.1, 0.15) is 11.1 Å². The van der Waals surface area contributed by atoms with Gasteiger partial charge in [0.1, 0.15) is 5.82 Å². The van der Waals surface area contributed by atoms with Crippen LogP contribution in [-0.2, 0) is 12.6 Å². The molecule has 102 valence electrons. The maximum atomic E-state index is 13.4. The number of hydrogen-bond acceptors (Lipinski definition) is 2. The number of hydrogen-bond donors (Lipinski definition) is 1. The Balaban J connectivity index is 2.38. The molecule has 0 amide bonds. The topological polar surface area (TPSA) is 43.8 Å². The van der Waals surface area contributed by atoms with Crippen LogP contribution in [0.15, 0.2) is 30.6 Å². The maximum absolute atomic E-state index is 13.4. The third-order valence-electron chi connectivity index (χ3n) is 2.55. The molecular weight excluding hydrogens is 262 g/mol. The van der Waals surface area contributed by atoms with Crippen LogP contribution in [-0.4, -0.2) is 16.3 Å². The molecule has 0 spiro atoms. The van der Waals surface area contributed by atoms with Gasteiger partial charge in [-0.15, -0.1) is 0 Å². The first kappa shape index (κ1) is 13.5. The predicted molar refractivity (Wildman–Crippen MR) is 61.3 cm³/mol. The Morgan fingerprint density at radius 3 is 2.53 bits per heavy atom. The van der Waals surface area contributed by atoms with Gasteiger partial charge in [-0.3, -0.25) is 0 Å². The van der Waals surface area contributed by atoms with Crippen molar-refractivity contribution in [2.45, 2.75) is 12.6 Å². The number of halogens is 4. The van der Waals surface area contributed by atoms with Crippen molar-refractivity contribution in [1.82, 2.24) is 9.78 Å². The van der Waals surface area contributed by atoms with Crippen LogP contribution in [0.5, 0.6) is 0 Å². The molecule has 0 bridgehead atoms. The summed E-state index contributed by atoms with van der Waals surface area (Å²) in [6.45, 7) is 0.329. The molecule has 2 rings (SSSR count). The van der Waals surface area contributed by atoms with Gasteiger partial charge >= 0.3 is 6.18 Å². The van der Waals surface area contributed by atoms with E-state index in [1.54, 1.807) is 6.07 Å². The standard InChI is InChI=1S/C12H11F4N3/c13-10-3-8(1-2-17)4-11(5-10)19-7-9(6-18-19)12(14,15)16/h3-7H,1-2,17H2. The zero-order valence-electron chi connectivity index (χ0n) is 9.78. The van der Waals surface area contributed by atoms with Crippen molar-refractivity contribution in [3.8, 4) is 5.69 Å². The Hall–Kier alpha value is -1.89. The fraction of sp³-hybridized carbons (Fsp3) is 0.250. The van der Waals surface area contributed by atoms with Gasteiger partial charge in [-0.2, -0.15) is 18.3 Å². The Bertz CT molecular complexity index is 575. The summed E-state index contributed by atoms with van der Waals surface area (Å²) >= 11 is 0. The summed E-state index contributed by atoms with van der Waals surface area (Å²) in [6, 6.07) is 3.97. The van der Waals surface area contributed by atoms with Crippen molar-refractivity contribution in [2.75, 3.05) is 6.54 Å². The minimum Gasteiger partial charge on any atom is -0.330 e. The van der Waals surface area contributed by atoms with E-state index in [2.05, 4.69) is 5.10 Å². The maximum Gasteiger partial charge on any atom is 0.419 e. The SMILES string of the molecule is NCCc1cc(F)cc(-n2cc(C(F)(F)F)cn2)c1. The number of alkyl halides is 3. The van der Waals surface area contributed by atoms with E-state index in [1.165, 1.54) is 6.07 Å². The number of nitrogens with zero attached hydrogens (tertiary/aromatic N) is 2. The first-order chi connectivity index (χ1) is 8.90. The molecule has 0 aliphatic heterocycles. The molecule has 0 saturated carbocycles. The number of benzene rings is 1. The van der Waals surface area contributed by atoms with Crippen LogP contribution in [0.2, 0.25) is 0 Å². The van der Waals surface area contributed by atoms with E-state index in [4.69, 9.17) is 5.73 Å². The molecule has 2 aromatic rings. The van der Waals surface area contributed by atoms with Gasteiger partial charge in [0, 0.05) is 6.20 Å². The summed E-state index contributed by atoms with van der Waals surface area (Å²) < 4.78 is 51.7. The first-order valence-corrected chi connectivity index (χ1v) is 5.52. The van der Waals surface area contributed by atoms with Crippen LogP contribution < -0.4 is 5.73 Å². The summed E-state index contributed by atoms with van der Waals surface area (Å²) in [6.07, 6.45) is -2.50. The van der Waals surface area contributed by atoms with Crippen molar-refractivity contribution in [3.05, 3.63) is 47.5 Å². The van der Waals surface area contributed by atoms with Crippen molar-refractivity contribution in [1.29, 1.82) is 0 Å². The van der Waals surface area contributed by atoms with E-state index in [9.17, 15) is 17.6 Å². The summed E-state index contributed by atoms with van der Waals surface area (Å²) in [5, 5.41) is 3.59. The second kappa shape index (κ2) is 5.00. The largest absolute Gasteiger partial charge is 0.419 e. The van der Waals surface area contributed by atoms with Gasteiger partial charge in [0.05, 0.1) is 17.4 Å². The molecule has 0 unspecified atom stereocenters. The monoisotopic (exact) mass is 273 g/mol. The number of nitrogens with two attached hydrogens (primary N) is 1.